The molecule has 5 nitrogen and oxygen atoms in total. The molecule has 3 atom stereocenters. The zero-order valence-electron chi connectivity index (χ0n) is 15.4. The molecule has 2 N–H and O–H groups in total. The quantitative estimate of drug-likeness (QED) is 0.791. The van der Waals surface area contributed by atoms with Gasteiger partial charge in [-0.25, -0.2) is 0 Å². The van der Waals surface area contributed by atoms with Crippen molar-refractivity contribution in [3.8, 4) is 11.8 Å². The summed E-state index contributed by atoms with van der Waals surface area (Å²) < 4.78 is 46.5. The fourth-order valence-electron chi connectivity index (χ4n) is 3.42. The van der Waals surface area contributed by atoms with Gasteiger partial charge in [-0.15, -0.1) is 13.2 Å². The molecule has 1 heterocycles. The van der Waals surface area contributed by atoms with Gasteiger partial charge in [0.1, 0.15) is 5.75 Å². The number of hydrogen-bond donors (Lipinski definition) is 2. The highest BCUT2D eigenvalue weighted by Crippen LogP contribution is 2.33. The first-order chi connectivity index (χ1) is 13.8. The number of alkyl halides is 3. The van der Waals surface area contributed by atoms with Gasteiger partial charge < -0.3 is 19.7 Å². The first-order valence-electron chi connectivity index (χ1n) is 9.09. The summed E-state index contributed by atoms with van der Waals surface area (Å²) in [5.41, 5.74) is 2.62. The van der Waals surface area contributed by atoms with E-state index in [0.29, 0.717) is 36.0 Å². The summed E-state index contributed by atoms with van der Waals surface area (Å²) in [5, 5.41) is 28.7. The molecule has 29 heavy (non-hydrogen) atoms. The zero-order valence-corrected chi connectivity index (χ0v) is 15.4. The van der Waals surface area contributed by atoms with Crippen LogP contribution in [0.25, 0.3) is 0 Å². The summed E-state index contributed by atoms with van der Waals surface area (Å²) in [5.74, 6) is -0.310. The maximum absolute atomic E-state index is 12.3. The molecule has 0 bridgehead atoms. The Labute approximate surface area is 165 Å². The summed E-state index contributed by atoms with van der Waals surface area (Å²) in [6, 6.07) is 12.8. The average Bonchev–Trinajstić information content (AvgIpc) is 2.68. The highest BCUT2D eigenvalue weighted by Gasteiger charge is 2.31. The van der Waals surface area contributed by atoms with Crippen molar-refractivity contribution < 1.29 is 32.9 Å². The van der Waals surface area contributed by atoms with Crippen molar-refractivity contribution >= 4 is 0 Å². The second kappa shape index (κ2) is 8.82. The molecule has 1 fully saturated rings. The fourth-order valence-corrected chi connectivity index (χ4v) is 3.42. The van der Waals surface area contributed by atoms with Crippen LogP contribution in [0.2, 0.25) is 0 Å². The van der Waals surface area contributed by atoms with Gasteiger partial charge in [-0.05, 0) is 41.3 Å². The molecule has 3 unspecified atom stereocenters. The van der Waals surface area contributed by atoms with Crippen molar-refractivity contribution in [2.24, 2.45) is 0 Å². The second-order valence-electron chi connectivity index (χ2n) is 6.95. The highest BCUT2D eigenvalue weighted by atomic mass is 19.4. The minimum absolute atomic E-state index is 0.191. The van der Waals surface area contributed by atoms with Gasteiger partial charge in [-0.3, -0.25) is 0 Å². The fraction of sp³-hybridized carbons (Fsp3) is 0.381. The van der Waals surface area contributed by atoms with Gasteiger partial charge in [-0.1, -0.05) is 24.3 Å². The highest BCUT2D eigenvalue weighted by molar-refractivity contribution is 5.44. The van der Waals surface area contributed by atoms with Gasteiger partial charge in [0.25, 0.3) is 0 Å². The van der Waals surface area contributed by atoms with Gasteiger partial charge in [0.2, 0.25) is 0 Å². The normalized spacial score (nSPS) is 22.1. The minimum atomic E-state index is -4.75. The lowest BCUT2D eigenvalue weighted by Gasteiger charge is -2.32. The minimum Gasteiger partial charge on any atom is -0.406 e. The lowest BCUT2D eigenvalue weighted by atomic mass is 9.92. The molecule has 2 aromatic rings. The number of halogens is 3. The molecular formula is C21H20F3NO4. The smallest absolute Gasteiger partial charge is 0.406 e. The van der Waals surface area contributed by atoms with E-state index in [4.69, 9.17) is 4.74 Å². The molecule has 0 radical (unpaired) electrons. The van der Waals surface area contributed by atoms with E-state index in [0.717, 1.165) is 5.56 Å². The van der Waals surface area contributed by atoms with Crippen LogP contribution in [0.5, 0.6) is 5.75 Å². The van der Waals surface area contributed by atoms with Crippen LogP contribution in [-0.2, 0) is 11.2 Å². The maximum Gasteiger partial charge on any atom is 0.573 e. The molecule has 1 saturated heterocycles. The predicted octanol–water partition coefficient (Wildman–Crippen LogP) is 3.62. The van der Waals surface area contributed by atoms with Gasteiger partial charge in [0.15, 0.2) is 0 Å². The van der Waals surface area contributed by atoms with E-state index in [1.807, 2.05) is 0 Å². The van der Waals surface area contributed by atoms with E-state index in [-0.39, 0.29) is 12.4 Å². The number of nitriles is 1. The number of aliphatic hydroxyl groups is 2. The lowest BCUT2D eigenvalue weighted by molar-refractivity contribution is -0.274. The van der Waals surface area contributed by atoms with Crippen LogP contribution < -0.4 is 4.74 Å². The molecule has 0 spiro atoms. The first kappa shape index (κ1) is 21.1. The van der Waals surface area contributed by atoms with E-state index >= 15 is 0 Å². The van der Waals surface area contributed by atoms with Crippen molar-refractivity contribution in [1.82, 2.24) is 0 Å². The van der Waals surface area contributed by atoms with Crippen LogP contribution in [0.4, 0.5) is 13.2 Å². The van der Waals surface area contributed by atoms with Gasteiger partial charge in [0.05, 0.1) is 36.6 Å². The standard InChI is InChI=1S/C21H20F3NO4/c22-21(23,24)29-18-5-1-13(2-6-18)7-16-8-14(3-4-15(16)11-25)20-10-17(27)9-19(12-26)28-20/h1-6,8,17,19-20,26-27H,7,9-10,12H2. The molecule has 1 aliphatic heterocycles. The Morgan fingerprint density at radius 1 is 1.14 bits per heavy atom. The Morgan fingerprint density at radius 3 is 2.48 bits per heavy atom. The van der Waals surface area contributed by atoms with Gasteiger partial charge in [0, 0.05) is 12.8 Å². The predicted molar refractivity (Wildman–Crippen MR) is 97.0 cm³/mol. The monoisotopic (exact) mass is 407 g/mol. The molecule has 0 aromatic heterocycles. The van der Waals surface area contributed by atoms with Crippen LogP contribution in [0, 0.1) is 11.3 Å². The SMILES string of the molecule is N#Cc1ccc(C2CC(O)CC(CO)O2)cc1Cc1ccc(OC(F)(F)F)cc1. The van der Waals surface area contributed by atoms with E-state index in [2.05, 4.69) is 10.8 Å². The molecule has 1 aliphatic rings. The van der Waals surface area contributed by atoms with E-state index in [9.17, 15) is 28.6 Å². The number of nitrogens with zero attached hydrogens (tertiary/aromatic N) is 1. The van der Waals surface area contributed by atoms with Crippen molar-refractivity contribution in [2.75, 3.05) is 6.61 Å². The van der Waals surface area contributed by atoms with Crippen LogP contribution in [0.15, 0.2) is 42.5 Å². The van der Waals surface area contributed by atoms with Crippen LogP contribution in [-0.4, -0.2) is 35.4 Å². The van der Waals surface area contributed by atoms with E-state index in [1.54, 1.807) is 18.2 Å². The van der Waals surface area contributed by atoms with Gasteiger partial charge >= 0.3 is 6.36 Å². The molecule has 2 aromatic carbocycles. The summed E-state index contributed by atoms with van der Waals surface area (Å²) in [6.07, 6.45) is -5.13. The summed E-state index contributed by atoms with van der Waals surface area (Å²) in [4.78, 5) is 0. The first-order valence-corrected chi connectivity index (χ1v) is 9.09. The zero-order chi connectivity index (χ0) is 21.0. The number of rotatable bonds is 5. The molecule has 8 heteroatoms. The van der Waals surface area contributed by atoms with Crippen molar-refractivity contribution in [2.45, 2.75) is 43.9 Å². The van der Waals surface area contributed by atoms with Crippen molar-refractivity contribution in [1.29, 1.82) is 5.26 Å². The molecule has 3 rings (SSSR count). The van der Waals surface area contributed by atoms with Crippen molar-refractivity contribution in [3.63, 3.8) is 0 Å². The third-order valence-corrected chi connectivity index (χ3v) is 4.75. The number of hydrogen-bond acceptors (Lipinski definition) is 5. The van der Waals surface area contributed by atoms with E-state index in [1.165, 1.54) is 24.3 Å². The molecular weight excluding hydrogens is 387 g/mol. The van der Waals surface area contributed by atoms with Gasteiger partial charge in [-0.2, -0.15) is 5.26 Å². The third-order valence-electron chi connectivity index (χ3n) is 4.75. The molecule has 0 saturated carbocycles. The average molecular weight is 407 g/mol. The number of benzene rings is 2. The Kier molecular flexibility index (Phi) is 6.42. The van der Waals surface area contributed by atoms with E-state index < -0.39 is 24.7 Å². The molecule has 0 aliphatic carbocycles. The Bertz CT molecular complexity index is 877. The maximum atomic E-state index is 12.3. The van der Waals surface area contributed by atoms with Crippen LogP contribution in [0.1, 0.15) is 41.2 Å². The topological polar surface area (TPSA) is 82.7 Å². The molecule has 0 amide bonds. The van der Waals surface area contributed by atoms with Crippen molar-refractivity contribution in [3.05, 3.63) is 64.7 Å². The van der Waals surface area contributed by atoms with Crippen LogP contribution >= 0.6 is 0 Å². The summed E-state index contributed by atoms with van der Waals surface area (Å²) in [6.45, 7) is -0.191. The second-order valence-corrected chi connectivity index (χ2v) is 6.95. The summed E-state index contributed by atoms with van der Waals surface area (Å²) >= 11 is 0. The lowest BCUT2D eigenvalue weighted by Crippen LogP contribution is -2.33. The van der Waals surface area contributed by atoms with Crippen LogP contribution in [0.3, 0.4) is 0 Å². The Hall–Kier alpha value is -2.60. The Balaban J connectivity index is 1.80. The summed E-state index contributed by atoms with van der Waals surface area (Å²) in [7, 11) is 0. The number of aliphatic hydroxyl groups excluding tert-OH is 2. The number of ether oxygens (including phenoxy) is 2. The molecule has 154 valence electrons. The third kappa shape index (κ3) is 5.70. The largest absolute Gasteiger partial charge is 0.573 e. The Morgan fingerprint density at radius 2 is 1.86 bits per heavy atom.